The van der Waals surface area contributed by atoms with E-state index in [1.54, 1.807) is 0 Å². The Bertz CT molecular complexity index is 64.9. The van der Waals surface area contributed by atoms with Gasteiger partial charge in [-0.15, -0.1) is 11.6 Å². The van der Waals surface area contributed by atoms with Crippen LogP contribution in [0.5, 0.6) is 0 Å². The highest BCUT2D eigenvalue weighted by Crippen LogP contribution is 2.20. The molecule has 1 rings (SSSR count). The number of rotatable bonds is 0. The number of nitrogens with two attached hydrogens (primary N) is 1. The summed E-state index contributed by atoms with van der Waals surface area (Å²) in [6.07, 6.45) is 4.77. The largest absolute Gasteiger partial charge is 0.326 e. The first-order valence-corrected chi connectivity index (χ1v) is 3.64. The van der Waals surface area contributed by atoms with Gasteiger partial charge in [0.05, 0.1) is 0 Å². The van der Waals surface area contributed by atoms with E-state index in [9.17, 15) is 0 Å². The van der Waals surface area contributed by atoms with Crippen molar-refractivity contribution in [2.75, 3.05) is 0 Å². The second-order valence-electron chi connectivity index (χ2n) is 2.46. The molecule has 8 heavy (non-hydrogen) atoms. The van der Waals surface area contributed by atoms with Gasteiger partial charge in [0.1, 0.15) is 0 Å². The molecule has 1 nitrogen and oxygen atoms in total. The molecular formula is C6H12ClN. The van der Waals surface area contributed by atoms with Crippen LogP contribution in [0.2, 0.25) is 0 Å². The zero-order valence-electron chi connectivity index (χ0n) is 4.94. The Morgan fingerprint density at radius 2 is 1.88 bits per heavy atom. The van der Waals surface area contributed by atoms with Crippen molar-refractivity contribution in [3.8, 4) is 0 Å². The molecule has 0 bridgehead atoms. The lowest BCUT2D eigenvalue weighted by Crippen LogP contribution is -2.33. The maximum Gasteiger partial charge on any atom is 0.0487 e. The Morgan fingerprint density at radius 1 is 1.25 bits per heavy atom. The molecule has 0 aromatic carbocycles. The van der Waals surface area contributed by atoms with E-state index in [1.165, 1.54) is 12.8 Å². The number of hydrogen-bond donors (Lipinski definition) is 1. The minimum absolute atomic E-state index is 0.253. The quantitative estimate of drug-likeness (QED) is 0.498. The van der Waals surface area contributed by atoms with Crippen molar-refractivity contribution < 1.29 is 0 Å². The minimum Gasteiger partial charge on any atom is -0.326 e. The predicted octanol–water partition coefficient (Wildman–Crippen LogP) is 1.50. The van der Waals surface area contributed by atoms with Crippen molar-refractivity contribution in [2.24, 2.45) is 5.73 Å². The first-order chi connectivity index (χ1) is 3.80. The van der Waals surface area contributed by atoms with Gasteiger partial charge in [-0.1, -0.05) is 12.8 Å². The molecule has 0 spiro atoms. The molecule has 1 aliphatic carbocycles. The molecule has 0 saturated heterocycles. The van der Waals surface area contributed by atoms with Gasteiger partial charge in [-0.3, -0.25) is 0 Å². The summed E-state index contributed by atoms with van der Waals surface area (Å²) in [5.74, 6) is 0. The second kappa shape index (κ2) is 2.70. The summed E-state index contributed by atoms with van der Waals surface area (Å²) in [5.41, 5.74) is 5.65. The van der Waals surface area contributed by atoms with Crippen molar-refractivity contribution in [1.82, 2.24) is 0 Å². The second-order valence-corrected chi connectivity index (χ2v) is 3.02. The molecule has 2 N–H and O–H groups in total. The first kappa shape index (κ1) is 6.37. The predicted molar refractivity (Wildman–Crippen MR) is 36.1 cm³/mol. The summed E-state index contributed by atoms with van der Waals surface area (Å²) < 4.78 is 0. The number of halogens is 1. The van der Waals surface area contributed by atoms with E-state index in [4.69, 9.17) is 17.3 Å². The Kier molecular flexibility index (Phi) is 2.15. The molecule has 0 unspecified atom stereocenters. The van der Waals surface area contributed by atoms with Crippen LogP contribution in [0.15, 0.2) is 0 Å². The van der Waals surface area contributed by atoms with Crippen molar-refractivity contribution in [1.29, 1.82) is 0 Å². The molecule has 0 aromatic heterocycles. The van der Waals surface area contributed by atoms with Crippen LogP contribution in [0.3, 0.4) is 0 Å². The molecule has 2 atom stereocenters. The van der Waals surface area contributed by atoms with E-state index >= 15 is 0 Å². The Hall–Kier alpha value is 0.250. The lowest BCUT2D eigenvalue weighted by atomic mass is 9.96. The number of alkyl halides is 1. The topological polar surface area (TPSA) is 26.0 Å². The maximum absolute atomic E-state index is 5.84. The average Bonchev–Trinajstić information content (AvgIpc) is 1.77. The molecule has 48 valence electrons. The summed E-state index contributed by atoms with van der Waals surface area (Å²) in [7, 11) is 0. The van der Waals surface area contributed by atoms with Crippen LogP contribution in [0.1, 0.15) is 25.7 Å². The van der Waals surface area contributed by atoms with E-state index in [2.05, 4.69) is 0 Å². The Labute approximate surface area is 55.2 Å². The fraction of sp³-hybridized carbons (Fsp3) is 1.00. The molecule has 0 aliphatic heterocycles. The van der Waals surface area contributed by atoms with Crippen LogP contribution in [-0.4, -0.2) is 11.4 Å². The van der Waals surface area contributed by atoms with Crippen molar-refractivity contribution >= 4 is 11.6 Å². The molecule has 1 saturated carbocycles. The molecule has 0 aromatic rings. The van der Waals surface area contributed by atoms with Crippen LogP contribution < -0.4 is 5.73 Å². The Morgan fingerprint density at radius 3 is 2.25 bits per heavy atom. The van der Waals surface area contributed by atoms with E-state index in [0.29, 0.717) is 0 Å². The van der Waals surface area contributed by atoms with Crippen molar-refractivity contribution in [2.45, 2.75) is 37.1 Å². The van der Waals surface area contributed by atoms with Crippen molar-refractivity contribution in [3.05, 3.63) is 0 Å². The summed E-state index contributed by atoms with van der Waals surface area (Å²) >= 11 is 5.84. The molecule has 0 radical (unpaired) electrons. The summed E-state index contributed by atoms with van der Waals surface area (Å²) in [5, 5.41) is 0.253. The van der Waals surface area contributed by atoms with Gasteiger partial charge in [0.2, 0.25) is 0 Å². The van der Waals surface area contributed by atoms with E-state index in [0.717, 1.165) is 12.8 Å². The van der Waals surface area contributed by atoms with Gasteiger partial charge < -0.3 is 5.73 Å². The standard InChI is InChI=1S/C6H12ClN/c7-5-3-1-2-4-6(5)8/h5-6H,1-4,8H2/t5-,6-/m1/s1. The normalized spacial score (nSPS) is 39.8. The highest BCUT2D eigenvalue weighted by atomic mass is 35.5. The van der Waals surface area contributed by atoms with Crippen LogP contribution >= 0.6 is 11.6 Å². The lowest BCUT2D eigenvalue weighted by Gasteiger charge is -2.22. The van der Waals surface area contributed by atoms with Crippen LogP contribution in [0, 0.1) is 0 Å². The molecule has 2 heteroatoms. The van der Waals surface area contributed by atoms with E-state index in [-0.39, 0.29) is 11.4 Å². The lowest BCUT2D eigenvalue weighted by molar-refractivity contribution is 0.448. The minimum atomic E-state index is 0.253. The highest BCUT2D eigenvalue weighted by molar-refractivity contribution is 6.21. The third kappa shape index (κ3) is 1.36. The van der Waals surface area contributed by atoms with E-state index in [1.807, 2.05) is 0 Å². The van der Waals surface area contributed by atoms with Gasteiger partial charge >= 0.3 is 0 Å². The zero-order chi connectivity index (χ0) is 5.98. The fourth-order valence-electron chi connectivity index (χ4n) is 1.11. The first-order valence-electron chi connectivity index (χ1n) is 3.20. The monoisotopic (exact) mass is 133 g/mol. The summed E-state index contributed by atoms with van der Waals surface area (Å²) in [6.45, 7) is 0. The molecule has 0 heterocycles. The molecular weight excluding hydrogens is 122 g/mol. The summed E-state index contributed by atoms with van der Waals surface area (Å²) in [6, 6.07) is 0.269. The fourth-order valence-corrected chi connectivity index (χ4v) is 1.39. The van der Waals surface area contributed by atoms with Crippen LogP contribution in [-0.2, 0) is 0 Å². The van der Waals surface area contributed by atoms with Gasteiger partial charge in [0.25, 0.3) is 0 Å². The van der Waals surface area contributed by atoms with Crippen LogP contribution in [0.25, 0.3) is 0 Å². The molecule has 0 amide bonds. The van der Waals surface area contributed by atoms with Gasteiger partial charge in [-0.25, -0.2) is 0 Å². The van der Waals surface area contributed by atoms with Gasteiger partial charge in [0.15, 0.2) is 0 Å². The SMILES string of the molecule is N[C@@H]1CCCC[C@H]1Cl. The van der Waals surface area contributed by atoms with Gasteiger partial charge in [0, 0.05) is 11.4 Å². The summed E-state index contributed by atoms with van der Waals surface area (Å²) in [4.78, 5) is 0. The van der Waals surface area contributed by atoms with Gasteiger partial charge in [-0.2, -0.15) is 0 Å². The maximum atomic E-state index is 5.84. The highest BCUT2D eigenvalue weighted by Gasteiger charge is 2.18. The third-order valence-corrected chi connectivity index (χ3v) is 2.27. The molecule has 1 aliphatic rings. The van der Waals surface area contributed by atoms with E-state index < -0.39 is 0 Å². The molecule has 1 fully saturated rings. The average molecular weight is 134 g/mol. The van der Waals surface area contributed by atoms with Gasteiger partial charge in [-0.05, 0) is 12.8 Å². The number of hydrogen-bond acceptors (Lipinski definition) is 1. The Balaban J connectivity index is 2.28. The zero-order valence-corrected chi connectivity index (χ0v) is 5.69. The van der Waals surface area contributed by atoms with Crippen molar-refractivity contribution in [3.63, 3.8) is 0 Å². The third-order valence-electron chi connectivity index (χ3n) is 1.73. The van der Waals surface area contributed by atoms with Crippen LogP contribution in [0.4, 0.5) is 0 Å². The smallest absolute Gasteiger partial charge is 0.0487 e.